The maximum absolute atomic E-state index is 12.5. The first-order valence-corrected chi connectivity index (χ1v) is 11.7. The summed E-state index contributed by atoms with van der Waals surface area (Å²) < 4.78 is 0. The van der Waals surface area contributed by atoms with E-state index < -0.39 is 0 Å². The molecule has 3 aliphatic rings. The molecule has 1 saturated carbocycles. The normalized spacial score (nSPS) is 23.6. The van der Waals surface area contributed by atoms with Gasteiger partial charge in [0.05, 0.1) is 0 Å². The van der Waals surface area contributed by atoms with Gasteiger partial charge in [0.15, 0.2) is 0 Å². The zero-order valence-electron chi connectivity index (χ0n) is 16.5. The lowest BCUT2D eigenvalue weighted by molar-refractivity contribution is -0.121. The predicted octanol–water partition coefficient (Wildman–Crippen LogP) is 4.69. The molecule has 0 bridgehead atoms. The molecule has 1 aliphatic heterocycles. The van der Waals surface area contributed by atoms with E-state index >= 15 is 0 Å². The van der Waals surface area contributed by atoms with Crippen LogP contribution < -0.4 is 5.32 Å². The van der Waals surface area contributed by atoms with Crippen molar-refractivity contribution in [2.24, 2.45) is 5.92 Å². The highest BCUT2D eigenvalue weighted by atomic mass is 32.1. The van der Waals surface area contributed by atoms with Gasteiger partial charge in [-0.3, -0.25) is 9.69 Å². The van der Waals surface area contributed by atoms with Gasteiger partial charge in [-0.05, 0) is 85.0 Å². The monoisotopic (exact) mass is 394 g/mol. The van der Waals surface area contributed by atoms with Gasteiger partial charge in [-0.15, -0.1) is 11.3 Å². The fourth-order valence-corrected chi connectivity index (χ4v) is 6.07. The molecule has 148 valence electrons. The second-order valence-electron chi connectivity index (χ2n) is 9.08. The fraction of sp³-hybridized carbons (Fsp3) is 0.542. The van der Waals surface area contributed by atoms with Crippen LogP contribution in [0.25, 0.3) is 0 Å². The number of benzene rings is 1. The molecule has 1 spiro atoms. The van der Waals surface area contributed by atoms with Gasteiger partial charge >= 0.3 is 0 Å². The van der Waals surface area contributed by atoms with Crippen molar-refractivity contribution in [3.8, 4) is 0 Å². The minimum Gasteiger partial charge on any atom is -0.356 e. The Kier molecular flexibility index (Phi) is 5.02. The zero-order chi connectivity index (χ0) is 19.0. The van der Waals surface area contributed by atoms with Crippen LogP contribution in [0, 0.1) is 5.92 Å². The third-order valence-electron chi connectivity index (χ3n) is 7.10. The standard InChI is InChI=1S/C24H30N2OS/c27-23(25-16-18-7-8-18)14-19-15-24(22-6-2-1-5-21(19)22)9-11-26(12-10-24)17-20-4-3-13-28-20/h1-6,13,18-19H,7-12,14-17H2,(H,25,27). The summed E-state index contributed by atoms with van der Waals surface area (Å²) in [6, 6.07) is 13.4. The molecule has 1 aromatic carbocycles. The maximum Gasteiger partial charge on any atom is 0.220 e. The molecule has 0 radical (unpaired) electrons. The number of hydrogen-bond donors (Lipinski definition) is 1. The van der Waals surface area contributed by atoms with Crippen molar-refractivity contribution in [1.29, 1.82) is 0 Å². The number of thiophene rings is 1. The second kappa shape index (κ2) is 7.64. The number of carbonyl (C=O) groups is 1. The molecule has 1 aromatic heterocycles. The molecular formula is C24H30N2OS. The van der Waals surface area contributed by atoms with Gasteiger partial charge in [0.25, 0.3) is 0 Å². The lowest BCUT2D eigenvalue weighted by Gasteiger charge is -2.40. The highest BCUT2D eigenvalue weighted by Gasteiger charge is 2.45. The van der Waals surface area contributed by atoms with Crippen LogP contribution in [-0.4, -0.2) is 30.4 Å². The summed E-state index contributed by atoms with van der Waals surface area (Å²) in [6.07, 6.45) is 6.82. The summed E-state index contributed by atoms with van der Waals surface area (Å²) in [6.45, 7) is 4.29. The van der Waals surface area contributed by atoms with Gasteiger partial charge < -0.3 is 5.32 Å². The van der Waals surface area contributed by atoms with Crippen molar-refractivity contribution in [2.75, 3.05) is 19.6 Å². The molecule has 1 N–H and O–H groups in total. The third kappa shape index (κ3) is 3.77. The van der Waals surface area contributed by atoms with Gasteiger partial charge in [0.1, 0.15) is 0 Å². The number of carbonyl (C=O) groups excluding carboxylic acids is 1. The molecular weight excluding hydrogens is 364 g/mol. The van der Waals surface area contributed by atoms with Gasteiger partial charge in [-0.1, -0.05) is 30.3 Å². The van der Waals surface area contributed by atoms with Crippen LogP contribution in [0.1, 0.15) is 60.4 Å². The van der Waals surface area contributed by atoms with E-state index in [1.807, 2.05) is 11.3 Å². The number of hydrogen-bond acceptors (Lipinski definition) is 3. The largest absolute Gasteiger partial charge is 0.356 e. The molecule has 4 heteroatoms. The van der Waals surface area contributed by atoms with Crippen LogP contribution in [0.5, 0.6) is 0 Å². The highest BCUT2D eigenvalue weighted by molar-refractivity contribution is 7.09. The van der Waals surface area contributed by atoms with Gasteiger partial charge in [-0.2, -0.15) is 0 Å². The van der Waals surface area contributed by atoms with Gasteiger partial charge in [0.2, 0.25) is 5.91 Å². The maximum atomic E-state index is 12.5. The molecule has 5 rings (SSSR count). The van der Waals surface area contributed by atoms with E-state index in [1.165, 1.54) is 41.7 Å². The average molecular weight is 395 g/mol. The van der Waals surface area contributed by atoms with Crippen molar-refractivity contribution in [3.63, 3.8) is 0 Å². The molecule has 1 unspecified atom stereocenters. The summed E-state index contributed by atoms with van der Waals surface area (Å²) in [4.78, 5) is 16.6. The van der Waals surface area contributed by atoms with E-state index in [9.17, 15) is 4.79 Å². The first-order valence-electron chi connectivity index (χ1n) is 10.8. The smallest absolute Gasteiger partial charge is 0.220 e. The quantitative estimate of drug-likeness (QED) is 0.771. The Morgan fingerprint density at radius 2 is 1.96 bits per heavy atom. The van der Waals surface area contributed by atoms with Crippen LogP contribution in [-0.2, 0) is 16.8 Å². The Bertz CT molecular complexity index is 819. The Morgan fingerprint density at radius 3 is 2.71 bits per heavy atom. The van der Waals surface area contributed by atoms with Crippen molar-refractivity contribution >= 4 is 17.2 Å². The fourth-order valence-electron chi connectivity index (χ4n) is 5.32. The molecule has 3 nitrogen and oxygen atoms in total. The number of likely N-dealkylation sites (tertiary alicyclic amines) is 1. The van der Waals surface area contributed by atoms with Crippen LogP contribution in [0.15, 0.2) is 41.8 Å². The van der Waals surface area contributed by atoms with E-state index in [0.717, 1.165) is 38.5 Å². The van der Waals surface area contributed by atoms with Crippen molar-refractivity contribution in [1.82, 2.24) is 10.2 Å². The Hall–Kier alpha value is -1.65. The number of fused-ring (bicyclic) bond motifs is 2. The van der Waals surface area contributed by atoms with Crippen LogP contribution in [0.4, 0.5) is 0 Å². The van der Waals surface area contributed by atoms with E-state index in [2.05, 4.69) is 52.0 Å². The van der Waals surface area contributed by atoms with Crippen molar-refractivity contribution < 1.29 is 4.79 Å². The topological polar surface area (TPSA) is 32.3 Å². The molecule has 1 amide bonds. The molecule has 2 fully saturated rings. The molecule has 1 atom stereocenters. The van der Waals surface area contributed by atoms with Crippen LogP contribution >= 0.6 is 11.3 Å². The number of rotatable bonds is 6. The average Bonchev–Trinajstić information content (AvgIpc) is 3.33. The molecule has 28 heavy (non-hydrogen) atoms. The Morgan fingerprint density at radius 1 is 1.14 bits per heavy atom. The van der Waals surface area contributed by atoms with Crippen molar-refractivity contribution in [2.45, 2.75) is 56.4 Å². The first-order chi connectivity index (χ1) is 13.7. The van der Waals surface area contributed by atoms with Gasteiger partial charge in [0, 0.05) is 24.4 Å². The van der Waals surface area contributed by atoms with Crippen molar-refractivity contribution in [3.05, 3.63) is 57.8 Å². The van der Waals surface area contributed by atoms with E-state index in [-0.39, 0.29) is 11.3 Å². The van der Waals surface area contributed by atoms with Crippen LogP contribution in [0.2, 0.25) is 0 Å². The van der Waals surface area contributed by atoms with E-state index in [1.54, 1.807) is 0 Å². The summed E-state index contributed by atoms with van der Waals surface area (Å²) in [5.41, 5.74) is 3.26. The number of nitrogens with zero attached hydrogens (tertiary/aromatic N) is 1. The number of nitrogens with one attached hydrogen (secondary N) is 1. The minimum atomic E-state index is 0.249. The van der Waals surface area contributed by atoms with E-state index in [4.69, 9.17) is 0 Å². The van der Waals surface area contributed by atoms with Crippen LogP contribution in [0.3, 0.4) is 0 Å². The molecule has 2 heterocycles. The first kappa shape index (κ1) is 18.4. The van der Waals surface area contributed by atoms with Gasteiger partial charge in [-0.25, -0.2) is 0 Å². The Balaban J connectivity index is 1.26. The number of piperidine rings is 1. The lowest BCUT2D eigenvalue weighted by Crippen LogP contribution is -2.41. The summed E-state index contributed by atoms with van der Waals surface area (Å²) >= 11 is 1.86. The van der Waals surface area contributed by atoms with E-state index in [0.29, 0.717) is 12.3 Å². The predicted molar refractivity (Wildman–Crippen MR) is 115 cm³/mol. The Labute approximate surface area is 172 Å². The summed E-state index contributed by atoms with van der Waals surface area (Å²) in [5.74, 6) is 1.39. The SMILES string of the molecule is O=C(CC1CC2(CCN(Cc3cccs3)CC2)c2ccccc21)NCC1CC1. The second-order valence-corrected chi connectivity index (χ2v) is 10.1. The molecule has 2 aliphatic carbocycles. The highest BCUT2D eigenvalue weighted by Crippen LogP contribution is 2.52. The zero-order valence-corrected chi connectivity index (χ0v) is 17.3. The third-order valence-corrected chi connectivity index (χ3v) is 7.96. The summed E-state index contributed by atoms with van der Waals surface area (Å²) in [5, 5.41) is 5.35. The molecule has 1 saturated heterocycles. The lowest BCUT2D eigenvalue weighted by atomic mass is 9.73. The molecule has 2 aromatic rings. The number of amides is 1. The summed E-state index contributed by atoms with van der Waals surface area (Å²) in [7, 11) is 0. The minimum absolute atomic E-state index is 0.249.